The van der Waals surface area contributed by atoms with E-state index in [-0.39, 0.29) is 35.8 Å². The molecule has 2 rings (SSSR count). The highest BCUT2D eigenvalue weighted by atomic mass is 32.2. The summed E-state index contributed by atoms with van der Waals surface area (Å²) in [6, 6.07) is 4.10. The van der Waals surface area contributed by atoms with Crippen LogP contribution in [0.25, 0.3) is 0 Å². The predicted molar refractivity (Wildman–Crippen MR) is 103 cm³/mol. The minimum atomic E-state index is -3.84. The number of aliphatic hydroxyl groups excluding tert-OH is 2. The van der Waals surface area contributed by atoms with Crippen LogP contribution in [-0.4, -0.2) is 67.9 Å². The number of hydrogen-bond donors (Lipinski definition) is 3. The maximum atomic E-state index is 13.2. The van der Waals surface area contributed by atoms with Crippen molar-refractivity contribution in [3.63, 3.8) is 0 Å². The van der Waals surface area contributed by atoms with Crippen LogP contribution in [0, 0.1) is 17.8 Å². The minimum absolute atomic E-state index is 0.0541. The van der Waals surface area contributed by atoms with Gasteiger partial charge in [0, 0.05) is 30.6 Å². The average molecular weight is 397 g/mol. The van der Waals surface area contributed by atoms with Gasteiger partial charge in [0.05, 0.1) is 6.61 Å². The van der Waals surface area contributed by atoms with Gasteiger partial charge in [0.1, 0.15) is 22.9 Å². The molecule has 1 aliphatic heterocycles. The van der Waals surface area contributed by atoms with Crippen LogP contribution in [0.5, 0.6) is 5.75 Å². The molecule has 7 nitrogen and oxygen atoms in total. The van der Waals surface area contributed by atoms with Gasteiger partial charge >= 0.3 is 0 Å². The summed E-state index contributed by atoms with van der Waals surface area (Å²) < 4.78 is 33.8. The second-order valence-electron chi connectivity index (χ2n) is 6.90. The number of hydrogen-bond acceptors (Lipinski definition) is 6. The monoisotopic (exact) mass is 396 g/mol. The third-order valence-electron chi connectivity index (χ3n) is 4.50. The summed E-state index contributed by atoms with van der Waals surface area (Å²) in [4.78, 5) is 0.0541. The summed E-state index contributed by atoms with van der Waals surface area (Å²) in [6.07, 6.45) is -1.03. The number of nitrogens with one attached hydrogen (secondary N) is 1. The van der Waals surface area contributed by atoms with E-state index in [1.54, 1.807) is 26.0 Å². The Morgan fingerprint density at radius 2 is 2.11 bits per heavy atom. The van der Waals surface area contributed by atoms with Crippen molar-refractivity contribution < 1.29 is 23.4 Å². The molecule has 0 aromatic heterocycles. The zero-order valence-electron chi connectivity index (χ0n) is 16.1. The van der Waals surface area contributed by atoms with Gasteiger partial charge in [-0.1, -0.05) is 18.8 Å². The van der Waals surface area contributed by atoms with Gasteiger partial charge in [-0.05, 0) is 39.1 Å². The van der Waals surface area contributed by atoms with Crippen molar-refractivity contribution in [2.75, 3.05) is 26.7 Å². The summed E-state index contributed by atoms with van der Waals surface area (Å²) in [5.74, 6) is 5.60. The van der Waals surface area contributed by atoms with Gasteiger partial charge in [0.15, 0.2) is 0 Å². The van der Waals surface area contributed by atoms with E-state index < -0.39 is 22.2 Å². The number of likely N-dealkylation sites (N-methyl/N-ethyl adjacent to an activating group) is 1. The number of rotatable bonds is 4. The molecule has 0 fully saturated rings. The number of ether oxygens (including phenoxy) is 1. The third-order valence-corrected chi connectivity index (χ3v) is 6.52. The molecular weight excluding hydrogens is 368 g/mol. The summed E-state index contributed by atoms with van der Waals surface area (Å²) in [7, 11) is -2.03. The standard InChI is InChI=1S/C19H28N2O5S/c1-13-11-21(14(2)12-22)27(24,25)19-8-7-16(6-5-15(3)23)9-17(19)26-18(13)10-20-4/h7-9,13-15,18,20,22-23H,10-12H2,1-4H3/t13-,14+,15-,18+/m0/s1. The normalized spacial score (nSPS) is 24.4. The molecule has 0 aliphatic carbocycles. The Morgan fingerprint density at radius 3 is 2.70 bits per heavy atom. The van der Waals surface area contributed by atoms with Gasteiger partial charge in [-0.3, -0.25) is 0 Å². The van der Waals surface area contributed by atoms with Gasteiger partial charge in [-0.2, -0.15) is 4.31 Å². The lowest BCUT2D eigenvalue weighted by Gasteiger charge is -2.36. The SMILES string of the molecule is CNC[C@H]1Oc2cc(C#C[C@H](C)O)ccc2S(=O)(=O)N([C@H](C)CO)C[C@@H]1C. The topological polar surface area (TPSA) is 99.1 Å². The lowest BCUT2D eigenvalue weighted by molar-refractivity contribution is 0.103. The molecule has 0 unspecified atom stereocenters. The van der Waals surface area contributed by atoms with Crippen LogP contribution in [0.2, 0.25) is 0 Å². The van der Waals surface area contributed by atoms with Gasteiger partial charge in [-0.15, -0.1) is 0 Å². The molecule has 0 bridgehead atoms. The van der Waals surface area contributed by atoms with Crippen LogP contribution >= 0.6 is 0 Å². The van der Waals surface area contributed by atoms with Crippen molar-refractivity contribution in [2.45, 2.75) is 43.9 Å². The summed E-state index contributed by atoms with van der Waals surface area (Å²) in [6.45, 7) is 5.70. The second-order valence-corrected chi connectivity index (χ2v) is 8.76. The van der Waals surface area contributed by atoms with Crippen molar-refractivity contribution >= 4 is 10.0 Å². The summed E-state index contributed by atoms with van der Waals surface area (Å²) >= 11 is 0. The molecule has 0 saturated carbocycles. The van der Waals surface area contributed by atoms with Crippen molar-refractivity contribution in [3.8, 4) is 17.6 Å². The Hall–Kier alpha value is -1.63. The number of nitrogens with zero attached hydrogens (tertiary/aromatic N) is 1. The molecule has 0 radical (unpaired) electrons. The molecule has 1 aliphatic rings. The fourth-order valence-electron chi connectivity index (χ4n) is 2.94. The van der Waals surface area contributed by atoms with E-state index in [1.807, 2.05) is 14.0 Å². The van der Waals surface area contributed by atoms with Gasteiger partial charge in [-0.25, -0.2) is 8.42 Å². The fourth-order valence-corrected chi connectivity index (χ4v) is 4.76. The Morgan fingerprint density at radius 1 is 1.41 bits per heavy atom. The average Bonchev–Trinajstić information content (AvgIpc) is 2.62. The molecule has 1 aromatic carbocycles. The first-order valence-corrected chi connectivity index (χ1v) is 10.4. The molecule has 1 aromatic rings. The van der Waals surface area contributed by atoms with Crippen molar-refractivity contribution in [1.29, 1.82) is 0 Å². The molecule has 27 heavy (non-hydrogen) atoms. The van der Waals surface area contributed by atoms with E-state index in [1.165, 1.54) is 10.4 Å². The molecule has 0 amide bonds. The highest BCUT2D eigenvalue weighted by Gasteiger charge is 2.37. The Bertz CT molecular complexity index is 813. The third kappa shape index (κ3) is 5.00. The van der Waals surface area contributed by atoms with Crippen LogP contribution in [-0.2, 0) is 10.0 Å². The maximum absolute atomic E-state index is 13.2. The largest absolute Gasteiger partial charge is 0.487 e. The maximum Gasteiger partial charge on any atom is 0.247 e. The number of aliphatic hydroxyl groups is 2. The molecule has 1 heterocycles. The van der Waals surface area contributed by atoms with E-state index in [9.17, 15) is 18.6 Å². The van der Waals surface area contributed by atoms with Crippen LogP contribution in [0.1, 0.15) is 26.3 Å². The highest BCUT2D eigenvalue weighted by Crippen LogP contribution is 2.33. The van der Waals surface area contributed by atoms with E-state index in [2.05, 4.69) is 17.2 Å². The van der Waals surface area contributed by atoms with Crippen molar-refractivity contribution in [2.24, 2.45) is 5.92 Å². The quantitative estimate of drug-likeness (QED) is 0.638. The van der Waals surface area contributed by atoms with Crippen LogP contribution < -0.4 is 10.1 Å². The van der Waals surface area contributed by atoms with Crippen LogP contribution in [0.15, 0.2) is 23.1 Å². The molecule has 3 N–H and O–H groups in total. The minimum Gasteiger partial charge on any atom is -0.487 e. The van der Waals surface area contributed by atoms with Crippen molar-refractivity contribution in [1.82, 2.24) is 9.62 Å². The summed E-state index contributed by atoms with van der Waals surface area (Å²) in [5, 5.41) is 22.0. The van der Waals surface area contributed by atoms with E-state index >= 15 is 0 Å². The van der Waals surface area contributed by atoms with E-state index in [0.29, 0.717) is 12.1 Å². The molecule has 150 valence electrons. The van der Waals surface area contributed by atoms with Gasteiger partial charge in [0.25, 0.3) is 0 Å². The highest BCUT2D eigenvalue weighted by molar-refractivity contribution is 7.89. The lowest BCUT2D eigenvalue weighted by Crippen LogP contribution is -2.49. The number of sulfonamides is 1. The second kappa shape index (κ2) is 9.04. The summed E-state index contributed by atoms with van der Waals surface area (Å²) in [5.41, 5.74) is 0.558. The van der Waals surface area contributed by atoms with E-state index in [0.717, 1.165) is 0 Å². The van der Waals surface area contributed by atoms with Crippen LogP contribution in [0.4, 0.5) is 0 Å². The molecule has 0 saturated heterocycles. The zero-order chi connectivity index (χ0) is 20.2. The molecule has 0 spiro atoms. The predicted octanol–water partition coefficient (Wildman–Crippen LogP) is 0.407. The number of benzene rings is 1. The fraction of sp³-hybridized carbons (Fsp3) is 0.579. The van der Waals surface area contributed by atoms with Gasteiger partial charge in [0.2, 0.25) is 10.0 Å². The first kappa shape index (κ1) is 21.7. The number of fused-ring (bicyclic) bond motifs is 1. The van der Waals surface area contributed by atoms with Crippen LogP contribution in [0.3, 0.4) is 0 Å². The van der Waals surface area contributed by atoms with Crippen molar-refractivity contribution in [3.05, 3.63) is 23.8 Å². The zero-order valence-corrected chi connectivity index (χ0v) is 17.0. The first-order valence-electron chi connectivity index (χ1n) is 8.98. The van der Waals surface area contributed by atoms with Gasteiger partial charge < -0.3 is 20.3 Å². The Labute approximate surface area is 161 Å². The molecule has 4 atom stereocenters. The lowest BCUT2D eigenvalue weighted by atomic mass is 10.0. The smallest absolute Gasteiger partial charge is 0.247 e. The first-order chi connectivity index (χ1) is 12.7. The Balaban J connectivity index is 2.60. The Kier molecular flexibility index (Phi) is 7.25. The molecule has 8 heteroatoms. The molecular formula is C19H28N2O5S. The van der Waals surface area contributed by atoms with E-state index in [4.69, 9.17) is 4.74 Å².